The number of hydrogen-bond acceptors (Lipinski definition) is 4. The molecule has 2 aromatic rings. The summed E-state index contributed by atoms with van der Waals surface area (Å²) in [7, 11) is 1.80. The Morgan fingerprint density at radius 3 is 3.12 bits per heavy atom. The second kappa shape index (κ2) is 5.73. The summed E-state index contributed by atoms with van der Waals surface area (Å²) in [6.45, 7) is 5.96. The molecule has 3 heterocycles. The number of hydrogen-bond donors (Lipinski definition) is 2. The molecule has 1 aliphatic heterocycles. The molecule has 24 heavy (non-hydrogen) atoms. The monoisotopic (exact) mass is 328 g/mol. The highest BCUT2D eigenvalue weighted by Crippen LogP contribution is 2.52. The number of fused-ring (bicyclic) bond motifs is 2. The molecule has 2 aromatic heterocycles. The minimum absolute atomic E-state index is 0.125. The molecule has 3 atom stereocenters. The molecule has 3 unspecified atom stereocenters. The van der Waals surface area contributed by atoms with E-state index in [1.165, 1.54) is 0 Å². The Bertz CT molecular complexity index is 767. The van der Waals surface area contributed by atoms with Crippen LogP contribution in [0, 0.1) is 11.3 Å². The van der Waals surface area contributed by atoms with Gasteiger partial charge < -0.3 is 15.4 Å². The zero-order valence-electron chi connectivity index (χ0n) is 14.4. The molecule has 4 rings (SSSR count). The quantitative estimate of drug-likeness (QED) is 0.654. The molecule has 2 N–H and O–H groups in total. The first-order valence-electron chi connectivity index (χ1n) is 8.48. The minimum atomic E-state index is 0.125. The van der Waals surface area contributed by atoms with Crippen LogP contribution in [0.4, 0.5) is 0 Å². The molecule has 2 fully saturated rings. The second-order valence-corrected chi connectivity index (χ2v) is 7.16. The van der Waals surface area contributed by atoms with Gasteiger partial charge in [-0.15, -0.1) is 10.2 Å². The smallest absolute Gasteiger partial charge is 0.191 e. The van der Waals surface area contributed by atoms with Crippen molar-refractivity contribution in [3.63, 3.8) is 0 Å². The predicted molar refractivity (Wildman–Crippen MR) is 91.7 cm³/mol. The van der Waals surface area contributed by atoms with E-state index in [-0.39, 0.29) is 5.41 Å². The standard InChI is InChI=1S/C17H24N6O/c1-17(2)14(11-7-9-24-15(11)17)20-16(18-3)19-10-13-22-21-12-6-4-5-8-23(12)13/h4-6,8,11,14-15H,7,9-10H2,1-3H3,(H2,18,19,20). The van der Waals surface area contributed by atoms with Crippen molar-refractivity contribution in [2.45, 2.75) is 39.0 Å². The van der Waals surface area contributed by atoms with Crippen molar-refractivity contribution in [3.05, 3.63) is 30.2 Å². The molecule has 1 aliphatic carbocycles. The van der Waals surface area contributed by atoms with Crippen LogP contribution in [0.15, 0.2) is 29.4 Å². The van der Waals surface area contributed by atoms with E-state index in [1.54, 1.807) is 7.05 Å². The Balaban J connectivity index is 1.42. The topological polar surface area (TPSA) is 75.8 Å². The zero-order chi connectivity index (χ0) is 16.7. The zero-order valence-corrected chi connectivity index (χ0v) is 14.4. The van der Waals surface area contributed by atoms with Crippen molar-refractivity contribution < 1.29 is 4.74 Å². The largest absolute Gasteiger partial charge is 0.377 e. The van der Waals surface area contributed by atoms with Crippen LogP contribution in [0.2, 0.25) is 0 Å². The summed E-state index contributed by atoms with van der Waals surface area (Å²) < 4.78 is 7.84. The number of ether oxygens (including phenoxy) is 1. The summed E-state index contributed by atoms with van der Waals surface area (Å²) in [6.07, 6.45) is 3.46. The number of nitrogens with one attached hydrogen (secondary N) is 2. The Kier molecular flexibility index (Phi) is 3.68. The van der Waals surface area contributed by atoms with Crippen molar-refractivity contribution in [1.29, 1.82) is 0 Å². The van der Waals surface area contributed by atoms with E-state index in [0.717, 1.165) is 30.5 Å². The molecule has 0 amide bonds. The minimum Gasteiger partial charge on any atom is -0.377 e. The van der Waals surface area contributed by atoms with Crippen molar-refractivity contribution >= 4 is 11.6 Å². The van der Waals surface area contributed by atoms with E-state index in [1.807, 2.05) is 28.8 Å². The molecule has 0 spiro atoms. The SMILES string of the molecule is CN=C(NCc1nnc2ccccn12)NC1C2CCOC2C1(C)C. The van der Waals surface area contributed by atoms with Crippen molar-refractivity contribution in [2.75, 3.05) is 13.7 Å². The molecule has 7 nitrogen and oxygen atoms in total. The van der Waals surface area contributed by atoms with Crippen molar-refractivity contribution in [1.82, 2.24) is 25.2 Å². The Morgan fingerprint density at radius 1 is 1.42 bits per heavy atom. The summed E-state index contributed by atoms with van der Waals surface area (Å²) in [5.74, 6) is 2.24. The predicted octanol–water partition coefficient (Wildman–Crippen LogP) is 1.21. The number of aromatic nitrogens is 3. The Labute approximate surface area is 141 Å². The van der Waals surface area contributed by atoms with Gasteiger partial charge in [0, 0.05) is 37.2 Å². The normalized spacial score (nSPS) is 28.5. The lowest BCUT2D eigenvalue weighted by atomic mass is 9.57. The number of rotatable bonds is 3. The van der Waals surface area contributed by atoms with Crippen LogP contribution in [-0.2, 0) is 11.3 Å². The molecule has 0 aromatic carbocycles. The van der Waals surface area contributed by atoms with Crippen LogP contribution < -0.4 is 10.6 Å². The molecule has 128 valence electrons. The van der Waals surface area contributed by atoms with E-state index < -0.39 is 0 Å². The second-order valence-electron chi connectivity index (χ2n) is 7.16. The highest BCUT2D eigenvalue weighted by Gasteiger charge is 2.59. The van der Waals surface area contributed by atoms with Crippen molar-refractivity contribution in [2.24, 2.45) is 16.3 Å². The maximum Gasteiger partial charge on any atom is 0.191 e. The van der Waals surface area contributed by atoms with Crippen molar-refractivity contribution in [3.8, 4) is 0 Å². The first-order valence-corrected chi connectivity index (χ1v) is 8.48. The highest BCUT2D eigenvalue weighted by molar-refractivity contribution is 5.80. The van der Waals surface area contributed by atoms with E-state index >= 15 is 0 Å². The third kappa shape index (κ3) is 2.34. The van der Waals surface area contributed by atoms with Gasteiger partial charge in [0.05, 0.1) is 12.6 Å². The van der Waals surface area contributed by atoms with E-state index in [2.05, 4.69) is 39.7 Å². The van der Waals surface area contributed by atoms with Gasteiger partial charge in [0.15, 0.2) is 17.4 Å². The van der Waals surface area contributed by atoms with Gasteiger partial charge in [0.2, 0.25) is 0 Å². The van der Waals surface area contributed by atoms with E-state index in [9.17, 15) is 0 Å². The summed E-state index contributed by atoms with van der Waals surface area (Å²) in [5, 5.41) is 15.4. The fourth-order valence-electron chi connectivity index (χ4n) is 4.13. The summed E-state index contributed by atoms with van der Waals surface area (Å²) >= 11 is 0. The molecule has 0 bridgehead atoms. The third-order valence-corrected chi connectivity index (χ3v) is 5.41. The van der Waals surface area contributed by atoms with Gasteiger partial charge in [-0.2, -0.15) is 0 Å². The average Bonchev–Trinajstić information content (AvgIpc) is 3.21. The molecule has 1 saturated carbocycles. The lowest BCUT2D eigenvalue weighted by Gasteiger charge is -2.54. The molecule has 1 saturated heterocycles. The van der Waals surface area contributed by atoms with Gasteiger partial charge >= 0.3 is 0 Å². The van der Waals surface area contributed by atoms with Crippen LogP contribution in [0.3, 0.4) is 0 Å². The van der Waals surface area contributed by atoms with Gasteiger partial charge in [0.25, 0.3) is 0 Å². The first-order chi connectivity index (χ1) is 11.6. The van der Waals surface area contributed by atoms with Crippen LogP contribution >= 0.6 is 0 Å². The number of nitrogens with zero attached hydrogens (tertiary/aromatic N) is 4. The molecule has 0 radical (unpaired) electrons. The first kappa shape index (κ1) is 15.4. The molecular weight excluding hydrogens is 304 g/mol. The van der Waals surface area contributed by atoms with Gasteiger partial charge in [-0.1, -0.05) is 19.9 Å². The lowest BCUT2D eigenvalue weighted by Crippen LogP contribution is -2.67. The van der Waals surface area contributed by atoms with Crippen LogP contribution in [0.1, 0.15) is 26.1 Å². The van der Waals surface area contributed by atoms with Gasteiger partial charge in [-0.05, 0) is 18.6 Å². The Hall–Kier alpha value is -2.15. The number of pyridine rings is 1. The maximum atomic E-state index is 5.86. The average molecular weight is 328 g/mol. The third-order valence-electron chi connectivity index (χ3n) is 5.41. The Morgan fingerprint density at radius 2 is 2.29 bits per heavy atom. The van der Waals surface area contributed by atoms with Crippen LogP contribution in [0.5, 0.6) is 0 Å². The summed E-state index contributed by atoms with van der Waals surface area (Å²) in [4.78, 5) is 4.37. The number of aliphatic imine (C=N–C) groups is 1. The van der Waals surface area contributed by atoms with Crippen LogP contribution in [-0.4, -0.2) is 46.4 Å². The maximum absolute atomic E-state index is 5.86. The molecule has 2 aliphatic rings. The van der Waals surface area contributed by atoms with Crippen LogP contribution in [0.25, 0.3) is 5.65 Å². The lowest BCUT2D eigenvalue weighted by molar-refractivity contribution is -0.106. The van der Waals surface area contributed by atoms with Gasteiger partial charge in [-0.3, -0.25) is 9.39 Å². The van der Waals surface area contributed by atoms with Gasteiger partial charge in [-0.25, -0.2) is 0 Å². The van der Waals surface area contributed by atoms with E-state index in [0.29, 0.717) is 24.6 Å². The van der Waals surface area contributed by atoms with Gasteiger partial charge in [0.1, 0.15) is 0 Å². The fourth-order valence-corrected chi connectivity index (χ4v) is 4.13. The molecular formula is C17H24N6O. The summed E-state index contributed by atoms with van der Waals surface area (Å²) in [6, 6.07) is 6.26. The number of guanidine groups is 1. The molecule has 7 heteroatoms. The highest BCUT2D eigenvalue weighted by atomic mass is 16.5. The fraction of sp³-hybridized carbons (Fsp3) is 0.588. The summed E-state index contributed by atoms with van der Waals surface area (Å²) in [5.41, 5.74) is 0.976. The van der Waals surface area contributed by atoms with E-state index in [4.69, 9.17) is 4.74 Å².